The molecule has 36 heavy (non-hydrogen) atoms. The first-order chi connectivity index (χ1) is 17.4. The van der Waals surface area contributed by atoms with Crippen LogP contribution in [0.2, 0.25) is 0 Å². The fourth-order valence-electron chi connectivity index (χ4n) is 6.43. The van der Waals surface area contributed by atoms with Gasteiger partial charge in [0.05, 0.1) is 5.92 Å². The third kappa shape index (κ3) is 3.29. The van der Waals surface area contributed by atoms with Gasteiger partial charge in [0.1, 0.15) is 18.2 Å². The SMILES string of the molecule is O=C1Nc2ccccc2[C@]12[C@H]([N+](=O)[O-])[C@H](c1cc(Br)ccc1OCc1ccccc1F)[C@@H]1CCCN12. The summed E-state index contributed by atoms with van der Waals surface area (Å²) in [5, 5.41) is 15.8. The third-order valence-electron chi connectivity index (χ3n) is 7.77. The van der Waals surface area contributed by atoms with Crippen LogP contribution < -0.4 is 10.1 Å². The highest BCUT2D eigenvalue weighted by Crippen LogP contribution is 2.59. The number of nitro groups is 1. The summed E-state index contributed by atoms with van der Waals surface area (Å²) in [6.07, 6.45) is 1.56. The summed E-state index contributed by atoms with van der Waals surface area (Å²) < 4.78 is 21.1. The van der Waals surface area contributed by atoms with Gasteiger partial charge >= 0.3 is 0 Å². The Morgan fingerprint density at radius 3 is 2.75 bits per heavy atom. The zero-order chi connectivity index (χ0) is 25.0. The molecule has 3 aliphatic heterocycles. The zero-order valence-electron chi connectivity index (χ0n) is 19.2. The summed E-state index contributed by atoms with van der Waals surface area (Å²) in [4.78, 5) is 28.2. The van der Waals surface area contributed by atoms with Gasteiger partial charge in [-0.3, -0.25) is 19.8 Å². The maximum absolute atomic E-state index is 14.3. The molecule has 3 aromatic carbocycles. The Bertz CT molecular complexity index is 1380. The van der Waals surface area contributed by atoms with Crippen molar-refractivity contribution in [3.05, 3.63) is 104 Å². The largest absolute Gasteiger partial charge is 0.488 e. The Balaban J connectivity index is 1.49. The fourth-order valence-corrected chi connectivity index (χ4v) is 6.81. The number of rotatable bonds is 5. The molecular formula is C27H23BrFN3O4. The minimum atomic E-state index is -1.41. The number of anilines is 1. The van der Waals surface area contributed by atoms with E-state index in [1.165, 1.54) is 6.07 Å². The van der Waals surface area contributed by atoms with E-state index < -0.39 is 17.5 Å². The molecule has 3 heterocycles. The van der Waals surface area contributed by atoms with Crippen molar-refractivity contribution < 1.29 is 18.8 Å². The van der Waals surface area contributed by atoms with Gasteiger partial charge in [-0.15, -0.1) is 0 Å². The molecule has 0 aliphatic carbocycles. The number of para-hydroxylation sites is 1. The molecule has 6 rings (SSSR count). The molecule has 1 N–H and O–H groups in total. The number of carbonyl (C=O) groups is 1. The molecule has 2 saturated heterocycles. The smallest absolute Gasteiger partial charge is 0.256 e. The van der Waals surface area contributed by atoms with E-state index in [0.717, 1.165) is 17.3 Å². The van der Waals surface area contributed by atoms with Crippen LogP contribution in [0.3, 0.4) is 0 Å². The molecule has 3 aliphatic rings. The molecule has 0 radical (unpaired) electrons. The van der Waals surface area contributed by atoms with Gasteiger partial charge in [-0.1, -0.05) is 52.3 Å². The lowest BCUT2D eigenvalue weighted by Gasteiger charge is -2.32. The van der Waals surface area contributed by atoms with Crippen molar-refractivity contribution in [3.63, 3.8) is 0 Å². The molecule has 1 spiro atoms. The van der Waals surface area contributed by atoms with Crippen molar-refractivity contribution in [1.29, 1.82) is 0 Å². The molecule has 0 aromatic heterocycles. The quantitative estimate of drug-likeness (QED) is 0.347. The zero-order valence-corrected chi connectivity index (χ0v) is 20.8. The number of carbonyl (C=O) groups excluding carboxylic acids is 1. The second-order valence-corrected chi connectivity index (χ2v) is 10.4. The van der Waals surface area contributed by atoms with Crippen LogP contribution in [0.25, 0.3) is 0 Å². The first-order valence-corrected chi connectivity index (χ1v) is 12.7. The molecule has 184 valence electrons. The number of hydrogen-bond donors (Lipinski definition) is 1. The molecule has 0 unspecified atom stereocenters. The van der Waals surface area contributed by atoms with Gasteiger partial charge in [-0.05, 0) is 43.2 Å². The topological polar surface area (TPSA) is 84.7 Å². The molecule has 9 heteroatoms. The van der Waals surface area contributed by atoms with E-state index in [1.54, 1.807) is 36.4 Å². The first kappa shape index (κ1) is 23.1. The van der Waals surface area contributed by atoms with E-state index in [2.05, 4.69) is 21.2 Å². The van der Waals surface area contributed by atoms with Crippen LogP contribution in [-0.4, -0.2) is 34.4 Å². The van der Waals surface area contributed by atoms with Crippen LogP contribution in [0.15, 0.2) is 71.2 Å². The summed E-state index contributed by atoms with van der Waals surface area (Å²) in [6, 6.07) is 17.6. The number of benzene rings is 3. The van der Waals surface area contributed by atoms with Crippen LogP contribution >= 0.6 is 15.9 Å². The molecule has 0 bridgehead atoms. The van der Waals surface area contributed by atoms with Gasteiger partial charge in [0.2, 0.25) is 0 Å². The second kappa shape index (κ2) is 8.67. The predicted molar refractivity (Wildman–Crippen MR) is 135 cm³/mol. The van der Waals surface area contributed by atoms with E-state index in [-0.39, 0.29) is 29.3 Å². The van der Waals surface area contributed by atoms with Crippen LogP contribution in [0, 0.1) is 15.9 Å². The number of nitrogens with zero attached hydrogens (tertiary/aromatic N) is 2. The Morgan fingerprint density at radius 1 is 1.17 bits per heavy atom. The van der Waals surface area contributed by atoms with Crippen molar-refractivity contribution in [1.82, 2.24) is 4.90 Å². The number of fused-ring (bicyclic) bond motifs is 4. The lowest BCUT2D eigenvalue weighted by Crippen LogP contribution is -2.55. The van der Waals surface area contributed by atoms with Gasteiger partial charge in [0, 0.05) is 44.4 Å². The summed E-state index contributed by atoms with van der Waals surface area (Å²) in [5.74, 6) is -0.884. The Hall–Kier alpha value is -3.30. The molecule has 1 amide bonds. The van der Waals surface area contributed by atoms with Crippen LogP contribution in [0.1, 0.15) is 35.4 Å². The molecule has 4 atom stereocenters. The summed E-state index contributed by atoms with van der Waals surface area (Å²) in [6.45, 7) is 0.576. The molecule has 0 saturated carbocycles. The highest BCUT2D eigenvalue weighted by Gasteiger charge is 2.73. The summed E-state index contributed by atoms with van der Waals surface area (Å²) >= 11 is 3.52. The molecular weight excluding hydrogens is 529 g/mol. The van der Waals surface area contributed by atoms with E-state index in [0.29, 0.717) is 34.7 Å². The fraction of sp³-hybridized carbons (Fsp3) is 0.296. The normalized spacial score (nSPS) is 26.6. The molecule has 3 aromatic rings. The second-order valence-electron chi connectivity index (χ2n) is 9.49. The summed E-state index contributed by atoms with van der Waals surface area (Å²) in [7, 11) is 0. The number of hydrogen-bond acceptors (Lipinski definition) is 5. The van der Waals surface area contributed by atoms with E-state index in [1.807, 2.05) is 29.2 Å². The van der Waals surface area contributed by atoms with Crippen LogP contribution in [-0.2, 0) is 16.9 Å². The van der Waals surface area contributed by atoms with Crippen molar-refractivity contribution in [2.45, 2.75) is 43.0 Å². The number of nitrogens with one attached hydrogen (secondary N) is 1. The minimum Gasteiger partial charge on any atom is -0.488 e. The number of halogens is 2. The minimum absolute atomic E-state index is 0.0139. The van der Waals surface area contributed by atoms with Crippen molar-refractivity contribution in [2.75, 3.05) is 11.9 Å². The highest BCUT2D eigenvalue weighted by atomic mass is 79.9. The lowest BCUT2D eigenvalue weighted by atomic mass is 9.77. The molecule has 7 nitrogen and oxygen atoms in total. The van der Waals surface area contributed by atoms with Gasteiger partial charge in [-0.25, -0.2) is 4.39 Å². The van der Waals surface area contributed by atoms with Crippen molar-refractivity contribution >= 4 is 27.5 Å². The summed E-state index contributed by atoms with van der Waals surface area (Å²) in [5.41, 5.74) is 0.901. The Kier molecular flexibility index (Phi) is 5.57. The van der Waals surface area contributed by atoms with Crippen molar-refractivity contribution in [3.8, 4) is 5.75 Å². The van der Waals surface area contributed by atoms with E-state index in [9.17, 15) is 19.3 Å². The maximum atomic E-state index is 14.3. The molecule has 2 fully saturated rings. The van der Waals surface area contributed by atoms with Gasteiger partial charge in [0.15, 0.2) is 5.54 Å². The average molecular weight is 552 g/mol. The van der Waals surface area contributed by atoms with Gasteiger partial charge < -0.3 is 10.1 Å². The maximum Gasteiger partial charge on any atom is 0.256 e. The Labute approximate surface area is 215 Å². The van der Waals surface area contributed by atoms with Crippen LogP contribution in [0.5, 0.6) is 5.75 Å². The van der Waals surface area contributed by atoms with Crippen LogP contribution in [0.4, 0.5) is 10.1 Å². The predicted octanol–water partition coefficient (Wildman–Crippen LogP) is 5.22. The van der Waals surface area contributed by atoms with Gasteiger partial charge in [-0.2, -0.15) is 0 Å². The highest BCUT2D eigenvalue weighted by molar-refractivity contribution is 9.10. The third-order valence-corrected chi connectivity index (χ3v) is 8.26. The number of ether oxygens (including phenoxy) is 1. The van der Waals surface area contributed by atoms with E-state index >= 15 is 0 Å². The average Bonchev–Trinajstić information content (AvgIpc) is 3.52. The van der Waals surface area contributed by atoms with Crippen molar-refractivity contribution in [2.24, 2.45) is 0 Å². The van der Waals surface area contributed by atoms with E-state index in [4.69, 9.17) is 4.74 Å². The lowest BCUT2D eigenvalue weighted by molar-refractivity contribution is -0.534. The monoisotopic (exact) mass is 551 g/mol. The Morgan fingerprint density at radius 2 is 1.94 bits per heavy atom. The first-order valence-electron chi connectivity index (χ1n) is 11.9. The standard InChI is InChI=1S/C27H23BrFN3O4/c28-17-11-12-23(36-15-16-6-1-3-8-20(16)29)18(14-17)24-22-10-5-13-31(22)27(25(24)32(34)35)19-7-2-4-9-21(19)30-26(27)33/h1-4,6-9,11-12,14,22,24-25H,5,10,13,15H2,(H,30,33)/t22-,24+,25+,27-/m0/s1. The number of amides is 1. The van der Waals surface area contributed by atoms with Gasteiger partial charge in [0.25, 0.3) is 11.9 Å².